The van der Waals surface area contributed by atoms with E-state index in [2.05, 4.69) is 6.58 Å². The van der Waals surface area contributed by atoms with Crippen molar-refractivity contribution in [1.82, 2.24) is 0 Å². The fourth-order valence-corrected chi connectivity index (χ4v) is 1.71. The van der Waals surface area contributed by atoms with E-state index in [1.54, 1.807) is 19.2 Å². The number of benzene rings is 1. The molecule has 0 bridgehead atoms. The van der Waals surface area contributed by atoms with E-state index in [0.29, 0.717) is 6.42 Å². The zero-order chi connectivity index (χ0) is 12.8. The molecule has 0 aliphatic heterocycles. The third-order valence-corrected chi connectivity index (χ3v) is 2.50. The minimum Gasteiger partial charge on any atom is -0.474 e. The highest BCUT2D eigenvalue weighted by atomic mass is 19.1. The molecule has 17 heavy (non-hydrogen) atoms. The highest BCUT2D eigenvalue weighted by Gasteiger charge is 2.23. The van der Waals surface area contributed by atoms with Gasteiger partial charge in [0.25, 0.3) is 0 Å². The molecule has 0 unspecified atom stereocenters. The topological polar surface area (TPSA) is 44.5 Å². The van der Waals surface area contributed by atoms with Crippen molar-refractivity contribution < 1.29 is 13.9 Å². The summed E-state index contributed by atoms with van der Waals surface area (Å²) in [6, 6.07) is 6.14. The van der Waals surface area contributed by atoms with Crippen LogP contribution in [0.1, 0.15) is 25.0 Å². The molecule has 0 heterocycles. The Morgan fingerprint density at radius 1 is 1.41 bits per heavy atom. The van der Waals surface area contributed by atoms with Gasteiger partial charge in [0.2, 0.25) is 0 Å². The maximum absolute atomic E-state index is 12.8. The average Bonchev–Trinajstić information content (AvgIpc) is 2.30. The average molecular weight is 239 g/mol. The zero-order valence-electron chi connectivity index (χ0n) is 10.2. The fraction of sp³-hybridized carbons (Fsp3) is 0.385. The van der Waals surface area contributed by atoms with Crippen LogP contribution < -0.4 is 5.73 Å². The normalized spacial score (nSPS) is 14.1. The lowest BCUT2D eigenvalue weighted by atomic mass is 10.0. The number of hydrogen-bond acceptors (Lipinski definition) is 3. The Kier molecular flexibility index (Phi) is 4.97. The molecule has 0 saturated carbocycles. The molecular weight excluding hydrogens is 221 g/mol. The van der Waals surface area contributed by atoms with E-state index < -0.39 is 0 Å². The Morgan fingerprint density at radius 3 is 2.41 bits per heavy atom. The van der Waals surface area contributed by atoms with Crippen molar-refractivity contribution in [2.24, 2.45) is 5.73 Å². The summed E-state index contributed by atoms with van der Waals surface area (Å²) < 4.78 is 23.6. The van der Waals surface area contributed by atoms with Crippen LogP contribution in [0, 0.1) is 5.82 Å². The second kappa shape index (κ2) is 6.25. The number of methoxy groups -OCH3 is 1. The van der Waals surface area contributed by atoms with E-state index >= 15 is 0 Å². The molecule has 0 saturated heterocycles. The summed E-state index contributed by atoms with van der Waals surface area (Å²) >= 11 is 0. The fourth-order valence-electron chi connectivity index (χ4n) is 1.71. The van der Waals surface area contributed by atoms with Crippen LogP contribution in [-0.4, -0.2) is 13.2 Å². The van der Waals surface area contributed by atoms with Crippen LogP contribution in [0.3, 0.4) is 0 Å². The summed E-state index contributed by atoms with van der Waals surface area (Å²) in [5, 5.41) is 0. The number of halogens is 1. The summed E-state index contributed by atoms with van der Waals surface area (Å²) in [4.78, 5) is 0. The van der Waals surface area contributed by atoms with Gasteiger partial charge in [0.05, 0.1) is 0 Å². The lowest BCUT2D eigenvalue weighted by Crippen LogP contribution is -2.24. The first-order chi connectivity index (χ1) is 8.08. The Labute approximate surface area is 101 Å². The van der Waals surface area contributed by atoms with Gasteiger partial charge in [-0.3, -0.25) is 0 Å². The van der Waals surface area contributed by atoms with Gasteiger partial charge < -0.3 is 15.2 Å². The summed E-state index contributed by atoms with van der Waals surface area (Å²) in [7, 11) is 1.58. The van der Waals surface area contributed by atoms with Crippen LogP contribution in [-0.2, 0) is 9.47 Å². The van der Waals surface area contributed by atoms with E-state index in [1.807, 2.05) is 6.92 Å². The zero-order valence-corrected chi connectivity index (χ0v) is 10.2. The molecule has 2 atom stereocenters. The predicted molar refractivity (Wildman–Crippen MR) is 64.6 cm³/mol. The molecule has 0 aliphatic carbocycles. The van der Waals surface area contributed by atoms with Crippen molar-refractivity contribution in [2.45, 2.75) is 25.6 Å². The van der Waals surface area contributed by atoms with Crippen LogP contribution in [0.5, 0.6) is 0 Å². The highest BCUT2D eigenvalue weighted by molar-refractivity contribution is 5.20. The van der Waals surface area contributed by atoms with E-state index in [9.17, 15) is 4.39 Å². The number of nitrogens with two attached hydrogens (primary N) is 1. The van der Waals surface area contributed by atoms with Crippen LogP contribution in [0.2, 0.25) is 0 Å². The van der Waals surface area contributed by atoms with Gasteiger partial charge in [0.15, 0.2) is 5.88 Å². The van der Waals surface area contributed by atoms with Gasteiger partial charge in [0, 0.05) is 7.11 Å². The van der Waals surface area contributed by atoms with E-state index in [-0.39, 0.29) is 23.9 Å². The van der Waals surface area contributed by atoms with E-state index in [0.717, 1.165) is 5.56 Å². The van der Waals surface area contributed by atoms with Crippen molar-refractivity contribution in [3.8, 4) is 0 Å². The Morgan fingerprint density at radius 2 is 2.00 bits per heavy atom. The van der Waals surface area contributed by atoms with Gasteiger partial charge in [-0.1, -0.05) is 19.1 Å². The molecule has 2 N–H and O–H groups in total. The molecule has 1 aromatic rings. The molecule has 94 valence electrons. The molecule has 1 rings (SSSR count). The quantitative estimate of drug-likeness (QED) is 0.776. The molecule has 0 amide bonds. The van der Waals surface area contributed by atoms with E-state index in [1.165, 1.54) is 12.1 Å². The first-order valence-electron chi connectivity index (χ1n) is 5.47. The molecule has 0 spiro atoms. The van der Waals surface area contributed by atoms with Crippen molar-refractivity contribution >= 4 is 0 Å². The number of rotatable bonds is 6. The lowest BCUT2D eigenvalue weighted by Gasteiger charge is -2.26. The number of ether oxygens (including phenoxy) is 2. The molecular formula is C13H18FNO2. The summed E-state index contributed by atoms with van der Waals surface area (Å²) in [5.41, 5.74) is 6.28. The maximum atomic E-state index is 12.8. The van der Waals surface area contributed by atoms with Crippen molar-refractivity contribution in [1.29, 1.82) is 0 Å². The minimum absolute atomic E-state index is 0.154. The number of hydrogen-bond donors (Lipinski definition) is 1. The highest BCUT2D eigenvalue weighted by Crippen LogP contribution is 2.25. The molecule has 0 aromatic heterocycles. The molecule has 3 nitrogen and oxygen atoms in total. The van der Waals surface area contributed by atoms with Crippen LogP contribution in [0.25, 0.3) is 0 Å². The van der Waals surface area contributed by atoms with Gasteiger partial charge in [-0.2, -0.15) is 0 Å². The molecule has 0 radical (unpaired) electrons. The van der Waals surface area contributed by atoms with Gasteiger partial charge in [-0.05, 0) is 30.7 Å². The summed E-state index contributed by atoms with van der Waals surface area (Å²) in [6.45, 7) is 5.47. The Balaban J connectivity index is 2.88. The monoisotopic (exact) mass is 239 g/mol. The second-order valence-electron chi connectivity index (χ2n) is 3.74. The van der Waals surface area contributed by atoms with Crippen molar-refractivity contribution in [3.63, 3.8) is 0 Å². The largest absolute Gasteiger partial charge is 0.474 e. The smallest absolute Gasteiger partial charge is 0.177 e. The molecule has 0 fully saturated rings. The minimum atomic E-state index is -0.291. The lowest BCUT2D eigenvalue weighted by molar-refractivity contribution is -0.0331. The first-order valence-corrected chi connectivity index (χ1v) is 5.47. The molecule has 0 aliphatic rings. The van der Waals surface area contributed by atoms with Crippen LogP contribution >= 0.6 is 0 Å². The van der Waals surface area contributed by atoms with Gasteiger partial charge >= 0.3 is 0 Å². The standard InChI is InChI=1S/C13H18FNO2/c1-4-12(17-9(2)15)13(16-3)10-5-7-11(14)8-6-10/h5-8,12-13H,2,4,15H2,1,3H3/t12-,13-/m0/s1. The summed E-state index contributed by atoms with van der Waals surface area (Å²) in [6.07, 6.45) is 0.190. The van der Waals surface area contributed by atoms with Gasteiger partial charge in [-0.25, -0.2) is 4.39 Å². The second-order valence-corrected chi connectivity index (χ2v) is 3.74. The van der Waals surface area contributed by atoms with Gasteiger partial charge in [0.1, 0.15) is 18.0 Å². The SMILES string of the molecule is C=C(N)O[C@@H](CC)[C@@H](OC)c1ccc(F)cc1. The van der Waals surface area contributed by atoms with Crippen molar-refractivity contribution in [2.75, 3.05) is 7.11 Å². The van der Waals surface area contributed by atoms with Gasteiger partial charge in [-0.15, -0.1) is 0 Å². The molecule has 1 aromatic carbocycles. The first kappa shape index (κ1) is 13.5. The van der Waals surface area contributed by atoms with Crippen molar-refractivity contribution in [3.05, 3.63) is 48.1 Å². The van der Waals surface area contributed by atoms with Crippen LogP contribution in [0.15, 0.2) is 36.7 Å². The maximum Gasteiger partial charge on any atom is 0.177 e. The van der Waals surface area contributed by atoms with Crippen LogP contribution in [0.4, 0.5) is 4.39 Å². The third kappa shape index (κ3) is 3.75. The predicted octanol–water partition coefficient (Wildman–Crippen LogP) is 2.74. The summed E-state index contributed by atoms with van der Waals surface area (Å²) in [5.74, 6) is -0.123. The Hall–Kier alpha value is -1.55. The Bertz CT molecular complexity index is 364. The third-order valence-electron chi connectivity index (χ3n) is 2.50. The molecule has 4 heteroatoms. The van der Waals surface area contributed by atoms with E-state index in [4.69, 9.17) is 15.2 Å².